The van der Waals surface area contributed by atoms with Crippen molar-refractivity contribution >= 4 is 23.2 Å². The Labute approximate surface area is 142 Å². The molecule has 0 aliphatic heterocycles. The van der Waals surface area contributed by atoms with E-state index in [1.807, 2.05) is 48.5 Å². The van der Waals surface area contributed by atoms with Crippen LogP contribution in [0.25, 0.3) is 0 Å². The number of carbonyl (C=O) groups excluding carboxylic acids is 2. The van der Waals surface area contributed by atoms with Gasteiger partial charge in [-0.2, -0.15) is 0 Å². The van der Waals surface area contributed by atoms with E-state index in [1.54, 1.807) is 0 Å². The maximum absolute atomic E-state index is 11.9. The molecule has 0 heterocycles. The number of carbonyl (C=O) groups is 2. The zero-order chi connectivity index (χ0) is 17.4. The molecule has 0 fully saturated rings. The Hall–Kier alpha value is -2.82. The maximum Gasteiger partial charge on any atom is 0.243 e. The molecule has 0 aliphatic rings. The number of rotatable bonds is 7. The first-order valence-electron chi connectivity index (χ1n) is 8.07. The Kier molecular flexibility index (Phi) is 6.37. The van der Waals surface area contributed by atoms with Crippen LogP contribution in [0, 0.1) is 0 Å². The molecule has 2 rings (SSSR count). The Balaban J connectivity index is 1.75. The van der Waals surface area contributed by atoms with E-state index in [0.29, 0.717) is 18.5 Å². The van der Waals surface area contributed by atoms with Gasteiger partial charge in [-0.1, -0.05) is 37.3 Å². The van der Waals surface area contributed by atoms with E-state index in [1.165, 1.54) is 0 Å². The Morgan fingerprint density at radius 2 is 1.83 bits per heavy atom. The third kappa shape index (κ3) is 5.43. The van der Waals surface area contributed by atoms with Gasteiger partial charge in [-0.25, -0.2) is 0 Å². The van der Waals surface area contributed by atoms with Crippen LogP contribution < -0.4 is 16.4 Å². The number of para-hydroxylation sites is 1. The summed E-state index contributed by atoms with van der Waals surface area (Å²) >= 11 is 0. The fourth-order valence-electron chi connectivity index (χ4n) is 2.35. The molecular formula is C19H23N3O2. The summed E-state index contributed by atoms with van der Waals surface area (Å²) in [6.07, 6.45) is 1.76. The summed E-state index contributed by atoms with van der Waals surface area (Å²) in [6, 6.07) is 15.1. The van der Waals surface area contributed by atoms with Crippen molar-refractivity contribution in [2.24, 2.45) is 0 Å². The molecule has 0 atom stereocenters. The number of amides is 2. The van der Waals surface area contributed by atoms with Gasteiger partial charge in [-0.15, -0.1) is 0 Å². The van der Waals surface area contributed by atoms with E-state index in [4.69, 9.17) is 5.73 Å². The molecule has 126 valence electrons. The van der Waals surface area contributed by atoms with Crippen molar-refractivity contribution in [1.29, 1.82) is 0 Å². The highest BCUT2D eigenvalue weighted by atomic mass is 16.2. The molecule has 4 N–H and O–H groups in total. The van der Waals surface area contributed by atoms with Gasteiger partial charge in [0.05, 0.1) is 6.54 Å². The van der Waals surface area contributed by atoms with Crippen LogP contribution in [0.2, 0.25) is 0 Å². The van der Waals surface area contributed by atoms with Crippen LogP contribution >= 0.6 is 0 Å². The maximum atomic E-state index is 11.9. The highest BCUT2D eigenvalue weighted by Gasteiger charge is 2.07. The number of aryl methyl sites for hydroxylation is 2. The second kappa shape index (κ2) is 8.72. The van der Waals surface area contributed by atoms with Gasteiger partial charge in [0.15, 0.2) is 0 Å². The van der Waals surface area contributed by atoms with E-state index >= 15 is 0 Å². The number of hydrogen-bond donors (Lipinski definition) is 3. The lowest BCUT2D eigenvalue weighted by Gasteiger charge is -2.09. The predicted octanol–water partition coefficient (Wildman–Crippen LogP) is 2.52. The number of benzene rings is 2. The van der Waals surface area contributed by atoms with Crippen LogP contribution in [0.5, 0.6) is 0 Å². The minimum atomic E-state index is -0.240. The SMILES string of the molecule is CCc1cccc(NC(=O)CNC(=O)CCc2ccccc2N)c1. The fraction of sp³-hybridized carbons (Fsp3) is 0.263. The van der Waals surface area contributed by atoms with E-state index < -0.39 is 0 Å². The van der Waals surface area contributed by atoms with Gasteiger partial charge < -0.3 is 16.4 Å². The number of nitrogens with one attached hydrogen (secondary N) is 2. The third-order valence-corrected chi connectivity index (χ3v) is 3.74. The van der Waals surface area contributed by atoms with Crippen LogP contribution in [0.3, 0.4) is 0 Å². The first kappa shape index (κ1) is 17.5. The van der Waals surface area contributed by atoms with Gasteiger partial charge in [0.25, 0.3) is 0 Å². The number of anilines is 2. The van der Waals surface area contributed by atoms with Crippen molar-refractivity contribution in [2.75, 3.05) is 17.6 Å². The fourth-order valence-corrected chi connectivity index (χ4v) is 2.35. The molecule has 0 radical (unpaired) electrons. The average molecular weight is 325 g/mol. The van der Waals surface area contributed by atoms with E-state index in [2.05, 4.69) is 17.6 Å². The van der Waals surface area contributed by atoms with Crippen LogP contribution in [0.1, 0.15) is 24.5 Å². The van der Waals surface area contributed by atoms with Gasteiger partial charge in [0, 0.05) is 17.8 Å². The average Bonchev–Trinajstić information content (AvgIpc) is 2.59. The zero-order valence-corrected chi connectivity index (χ0v) is 13.8. The van der Waals surface area contributed by atoms with Gasteiger partial charge in [0.2, 0.25) is 11.8 Å². The van der Waals surface area contributed by atoms with Crippen molar-refractivity contribution in [3.05, 3.63) is 59.7 Å². The number of nitrogens with two attached hydrogens (primary N) is 1. The molecule has 0 bridgehead atoms. The lowest BCUT2D eigenvalue weighted by molar-refractivity contribution is -0.124. The van der Waals surface area contributed by atoms with E-state index in [0.717, 1.165) is 23.2 Å². The van der Waals surface area contributed by atoms with Gasteiger partial charge in [0.1, 0.15) is 0 Å². The first-order valence-corrected chi connectivity index (χ1v) is 8.07. The molecule has 5 heteroatoms. The van der Waals surface area contributed by atoms with E-state index in [9.17, 15) is 9.59 Å². The van der Waals surface area contributed by atoms with Gasteiger partial charge in [-0.05, 0) is 42.2 Å². The molecule has 0 aliphatic carbocycles. The molecule has 0 saturated heterocycles. The molecule has 24 heavy (non-hydrogen) atoms. The molecule has 0 unspecified atom stereocenters. The molecule has 0 spiro atoms. The van der Waals surface area contributed by atoms with Crippen LogP contribution in [0.4, 0.5) is 11.4 Å². The second-order valence-electron chi connectivity index (χ2n) is 5.58. The largest absolute Gasteiger partial charge is 0.399 e. The van der Waals surface area contributed by atoms with Crippen molar-refractivity contribution in [2.45, 2.75) is 26.2 Å². The summed E-state index contributed by atoms with van der Waals surface area (Å²) in [5.41, 5.74) is 9.35. The van der Waals surface area contributed by atoms with Crippen LogP contribution in [-0.4, -0.2) is 18.4 Å². The quantitative estimate of drug-likeness (QED) is 0.684. The van der Waals surface area contributed by atoms with Crippen molar-refractivity contribution in [3.8, 4) is 0 Å². The van der Waals surface area contributed by atoms with Gasteiger partial charge in [-0.3, -0.25) is 9.59 Å². The Bertz CT molecular complexity index is 713. The van der Waals surface area contributed by atoms with E-state index in [-0.39, 0.29) is 18.4 Å². The topological polar surface area (TPSA) is 84.2 Å². The summed E-state index contributed by atoms with van der Waals surface area (Å²) in [7, 11) is 0. The minimum absolute atomic E-state index is 0.0422. The lowest BCUT2D eigenvalue weighted by Crippen LogP contribution is -2.33. The number of hydrogen-bond acceptors (Lipinski definition) is 3. The third-order valence-electron chi connectivity index (χ3n) is 3.74. The summed E-state index contributed by atoms with van der Waals surface area (Å²) in [5.74, 6) is -0.411. The molecule has 2 amide bonds. The molecule has 5 nitrogen and oxygen atoms in total. The summed E-state index contributed by atoms with van der Waals surface area (Å²) in [5, 5.41) is 5.41. The van der Waals surface area contributed by atoms with Gasteiger partial charge >= 0.3 is 0 Å². The standard InChI is InChI=1S/C19H23N3O2/c1-2-14-6-5-8-16(12-14)22-19(24)13-21-18(23)11-10-15-7-3-4-9-17(15)20/h3-9,12H,2,10-11,13,20H2,1H3,(H,21,23)(H,22,24). The summed E-state index contributed by atoms with van der Waals surface area (Å²) in [6.45, 7) is 2.01. The first-order chi connectivity index (χ1) is 11.6. The molecule has 0 saturated carbocycles. The zero-order valence-electron chi connectivity index (χ0n) is 13.8. The monoisotopic (exact) mass is 325 g/mol. The Morgan fingerprint density at radius 3 is 2.58 bits per heavy atom. The van der Waals surface area contributed by atoms with Crippen LogP contribution in [0.15, 0.2) is 48.5 Å². The lowest BCUT2D eigenvalue weighted by atomic mass is 10.1. The molecule has 2 aromatic carbocycles. The Morgan fingerprint density at radius 1 is 1.04 bits per heavy atom. The summed E-state index contributed by atoms with van der Waals surface area (Å²) in [4.78, 5) is 23.8. The van der Waals surface area contributed by atoms with Crippen molar-refractivity contribution in [3.63, 3.8) is 0 Å². The molecule has 0 aromatic heterocycles. The minimum Gasteiger partial charge on any atom is -0.399 e. The predicted molar refractivity (Wildman–Crippen MR) is 96.6 cm³/mol. The summed E-state index contributed by atoms with van der Waals surface area (Å²) < 4.78 is 0. The molecule has 2 aromatic rings. The number of nitrogen functional groups attached to an aromatic ring is 1. The normalized spacial score (nSPS) is 10.2. The highest BCUT2D eigenvalue weighted by Crippen LogP contribution is 2.12. The smallest absolute Gasteiger partial charge is 0.243 e. The molecular weight excluding hydrogens is 302 g/mol. The van der Waals surface area contributed by atoms with Crippen LogP contribution in [-0.2, 0) is 22.4 Å². The van der Waals surface area contributed by atoms with Crippen molar-refractivity contribution in [1.82, 2.24) is 5.32 Å². The van der Waals surface area contributed by atoms with Crippen molar-refractivity contribution < 1.29 is 9.59 Å². The highest BCUT2D eigenvalue weighted by molar-refractivity contribution is 5.94. The second-order valence-corrected chi connectivity index (χ2v) is 5.58.